The number of hydrogen-bond donors (Lipinski definition) is 2. The highest BCUT2D eigenvalue weighted by atomic mass is 127. The first-order valence-corrected chi connectivity index (χ1v) is 7.67. The van der Waals surface area contributed by atoms with E-state index in [0.29, 0.717) is 0 Å². The van der Waals surface area contributed by atoms with Gasteiger partial charge in [-0.25, -0.2) is 0 Å². The first-order valence-electron chi connectivity index (χ1n) is 3.71. The molecular weight excluding hydrogens is 387 g/mol. The lowest BCUT2D eigenvalue weighted by Crippen LogP contribution is -2.05. The highest BCUT2D eigenvalue weighted by molar-refractivity contribution is 14.1. The molecule has 0 spiro atoms. The largest absolute Gasteiger partial charge is 0.426 e. The van der Waals surface area contributed by atoms with Crippen molar-refractivity contribution in [3.05, 3.63) is 20.7 Å². The molecule has 0 aliphatic rings. The summed E-state index contributed by atoms with van der Waals surface area (Å²) < 4.78 is 61.6. The van der Waals surface area contributed by atoms with Gasteiger partial charge in [0.15, 0.2) is 14.8 Å². The number of rotatable bonds is 2. The van der Waals surface area contributed by atoms with Crippen LogP contribution in [0.25, 0.3) is 4.98 Å². The van der Waals surface area contributed by atoms with Crippen LogP contribution in [0.1, 0.15) is 0 Å². The molecule has 1 aromatic rings. The number of diazo groups is 1. The van der Waals surface area contributed by atoms with Gasteiger partial charge < -0.3 is 0 Å². The average molecular weight is 391 g/mol. The average Bonchev–Trinajstić information content (AvgIpc) is 2.13. The molecule has 1 aromatic carbocycles. The maximum absolute atomic E-state index is 10.9. The molecule has 0 heterocycles. The first-order chi connectivity index (χ1) is 7.57. The third kappa shape index (κ3) is 3.10. The van der Waals surface area contributed by atoms with Gasteiger partial charge >= 0.3 is 25.9 Å². The summed E-state index contributed by atoms with van der Waals surface area (Å²) in [5.41, 5.74) is -0.949. The van der Waals surface area contributed by atoms with Crippen molar-refractivity contribution in [2.45, 2.75) is 9.79 Å². The Hall–Kier alpha value is -0.810. The van der Waals surface area contributed by atoms with Gasteiger partial charge in [-0.05, 0) is 34.7 Å². The molecule has 17 heavy (non-hydrogen) atoms. The fourth-order valence-electron chi connectivity index (χ4n) is 1.04. The van der Waals surface area contributed by atoms with E-state index in [1.165, 1.54) is 0 Å². The maximum Gasteiger partial charge on any atom is 0.426 e. The summed E-state index contributed by atoms with van der Waals surface area (Å²) in [7, 11) is -9.57. The zero-order valence-electron chi connectivity index (χ0n) is 7.77. The van der Waals surface area contributed by atoms with Crippen molar-refractivity contribution in [2.24, 2.45) is 0 Å². The van der Waals surface area contributed by atoms with Crippen LogP contribution in [0.2, 0.25) is 0 Å². The Morgan fingerprint density at radius 1 is 1.06 bits per heavy atom. The van der Waals surface area contributed by atoms with E-state index in [9.17, 15) is 16.8 Å². The summed E-state index contributed by atoms with van der Waals surface area (Å²) in [5.74, 6) is 0. The summed E-state index contributed by atoms with van der Waals surface area (Å²) >= 11 is 1.57. The molecule has 0 atom stereocenters. The Kier molecular flexibility index (Phi) is 3.74. The molecule has 0 unspecified atom stereocenters. The van der Waals surface area contributed by atoms with Crippen LogP contribution in [0, 0.1) is 8.96 Å². The predicted octanol–water partition coefficient (Wildman–Crippen LogP) is 1.27. The topological polar surface area (TPSA) is 137 Å². The first kappa shape index (κ1) is 14.3. The second-order valence-electron chi connectivity index (χ2n) is 2.80. The minimum Gasteiger partial charge on any atom is -0.282 e. The minimum absolute atomic E-state index is 0.107. The maximum atomic E-state index is 10.9. The molecule has 0 aliphatic carbocycles. The van der Waals surface area contributed by atoms with Crippen LogP contribution in [0.5, 0.6) is 0 Å². The van der Waals surface area contributed by atoms with Gasteiger partial charge in [0.1, 0.15) is 0 Å². The minimum atomic E-state index is -4.78. The van der Waals surface area contributed by atoms with E-state index in [4.69, 9.17) is 14.5 Å². The third-order valence-corrected chi connectivity index (χ3v) is 4.02. The lowest BCUT2D eigenvalue weighted by Gasteiger charge is -1.99. The molecule has 0 saturated heterocycles. The lowest BCUT2D eigenvalue weighted by molar-refractivity contribution is 0.482. The van der Waals surface area contributed by atoms with Crippen LogP contribution in [0.15, 0.2) is 21.9 Å². The van der Waals surface area contributed by atoms with Crippen LogP contribution in [0.3, 0.4) is 0 Å². The Labute approximate surface area is 110 Å². The van der Waals surface area contributed by atoms with E-state index in [0.717, 1.165) is 12.1 Å². The standard InChI is InChI=1S/C6H3IN2O6S2/c7-3-1-4(16(10,11)12)6(9-8)5(2-3)17(13,14)15/h1-2H,(H-,10,11,12,13,14,15)/p+1. The molecule has 0 bridgehead atoms. The molecule has 92 valence electrons. The molecule has 1 rings (SSSR count). The Morgan fingerprint density at radius 3 is 1.65 bits per heavy atom. The number of benzene rings is 1. The number of nitrogens with zero attached hydrogens (tertiary/aromatic N) is 2. The lowest BCUT2D eigenvalue weighted by atomic mass is 10.3. The van der Waals surface area contributed by atoms with Crippen LogP contribution >= 0.6 is 22.6 Å². The van der Waals surface area contributed by atoms with Gasteiger partial charge in [0, 0.05) is 3.57 Å². The summed E-state index contributed by atoms with van der Waals surface area (Å²) in [6.45, 7) is 0. The smallest absolute Gasteiger partial charge is 0.282 e. The van der Waals surface area contributed by atoms with Gasteiger partial charge in [-0.3, -0.25) is 9.11 Å². The number of hydrogen-bond acceptors (Lipinski definition) is 5. The van der Waals surface area contributed by atoms with Crippen molar-refractivity contribution in [2.75, 3.05) is 0 Å². The van der Waals surface area contributed by atoms with Crippen molar-refractivity contribution < 1.29 is 25.9 Å². The molecular formula is C6H4IN2O6S2+. The van der Waals surface area contributed by atoms with Crippen molar-refractivity contribution in [3.8, 4) is 0 Å². The van der Waals surface area contributed by atoms with Crippen LogP contribution in [0.4, 0.5) is 5.69 Å². The Morgan fingerprint density at radius 2 is 1.41 bits per heavy atom. The van der Waals surface area contributed by atoms with Gasteiger partial charge in [0.2, 0.25) is 5.39 Å². The Bertz CT molecular complexity index is 664. The summed E-state index contributed by atoms with van der Waals surface area (Å²) in [6, 6.07) is 1.78. The second-order valence-corrected chi connectivity index (χ2v) is 6.83. The monoisotopic (exact) mass is 391 g/mol. The van der Waals surface area contributed by atoms with E-state index in [1.54, 1.807) is 22.6 Å². The van der Waals surface area contributed by atoms with Gasteiger partial charge in [-0.15, -0.1) is 0 Å². The zero-order chi connectivity index (χ0) is 13.4. The van der Waals surface area contributed by atoms with Gasteiger partial charge in [0.05, 0.1) is 0 Å². The summed E-state index contributed by atoms with van der Waals surface area (Å²) in [6.07, 6.45) is 0. The SMILES string of the molecule is N#[N+]c1c(S(=O)(=O)O)cc(I)cc1S(=O)(=O)O. The third-order valence-electron chi connectivity index (χ3n) is 1.66. The van der Waals surface area contributed by atoms with Crippen molar-refractivity contribution in [1.29, 1.82) is 5.39 Å². The quantitative estimate of drug-likeness (QED) is 0.440. The highest BCUT2D eigenvalue weighted by Crippen LogP contribution is 2.33. The van der Waals surface area contributed by atoms with Gasteiger partial charge in [0.25, 0.3) is 0 Å². The normalized spacial score (nSPS) is 12.1. The van der Waals surface area contributed by atoms with Crippen molar-refractivity contribution in [1.82, 2.24) is 0 Å². The second kappa shape index (κ2) is 4.46. The van der Waals surface area contributed by atoms with E-state index in [-0.39, 0.29) is 3.57 Å². The molecule has 0 saturated carbocycles. The molecule has 2 N–H and O–H groups in total. The highest BCUT2D eigenvalue weighted by Gasteiger charge is 2.34. The predicted molar refractivity (Wildman–Crippen MR) is 63.5 cm³/mol. The van der Waals surface area contributed by atoms with Crippen LogP contribution in [-0.4, -0.2) is 25.9 Å². The fraction of sp³-hybridized carbons (Fsp3) is 0. The van der Waals surface area contributed by atoms with Gasteiger partial charge in [-0.1, -0.05) is 0 Å². The molecule has 8 nitrogen and oxygen atoms in total. The van der Waals surface area contributed by atoms with Crippen molar-refractivity contribution in [3.63, 3.8) is 0 Å². The van der Waals surface area contributed by atoms with Crippen LogP contribution in [-0.2, 0) is 20.2 Å². The summed E-state index contributed by atoms with van der Waals surface area (Å²) in [4.78, 5) is 0.629. The summed E-state index contributed by atoms with van der Waals surface area (Å²) in [5, 5.41) is 8.59. The zero-order valence-corrected chi connectivity index (χ0v) is 11.6. The number of halogens is 1. The molecule has 0 aliphatic heterocycles. The van der Waals surface area contributed by atoms with E-state index in [1.807, 2.05) is 0 Å². The van der Waals surface area contributed by atoms with Crippen molar-refractivity contribution >= 4 is 48.5 Å². The van der Waals surface area contributed by atoms with E-state index in [2.05, 4.69) is 4.98 Å². The van der Waals surface area contributed by atoms with E-state index >= 15 is 0 Å². The van der Waals surface area contributed by atoms with E-state index < -0.39 is 35.7 Å². The van der Waals surface area contributed by atoms with Gasteiger partial charge in [-0.2, -0.15) is 16.8 Å². The Balaban J connectivity index is 3.92. The van der Waals surface area contributed by atoms with Crippen LogP contribution < -0.4 is 0 Å². The molecule has 0 aromatic heterocycles. The molecule has 11 heteroatoms. The molecule has 0 fully saturated rings. The molecule has 0 radical (unpaired) electrons. The fourth-order valence-corrected chi connectivity index (χ4v) is 3.49. The molecule has 0 amide bonds.